The molecule has 134 valence electrons. The Bertz CT molecular complexity index is 879. The first-order valence-corrected chi connectivity index (χ1v) is 7.66. The zero-order chi connectivity index (χ0) is 18.9. The zero-order valence-corrected chi connectivity index (χ0v) is 14.0. The molecule has 2 aromatic rings. The molecule has 0 saturated carbocycles. The van der Waals surface area contributed by atoms with E-state index in [0.29, 0.717) is 16.3 Å². The molecule has 1 fully saturated rings. The van der Waals surface area contributed by atoms with Crippen molar-refractivity contribution in [2.45, 2.75) is 12.5 Å². The Morgan fingerprint density at radius 1 is 1.12 bits per heavy atom. The summed E-state index contributed by atoms with van der Waals surface area (Å²) in [6.07, 6.45) is 0.807. The van der Waals surface area contributed by atoms with Gasteiger partial charge in [-0.15, -0.1) is 5.01 Å². The summed E-state index contributed by atoms with van der Waals surface area (Å²) in [6, 6.07) is 9.11. The number of nitrogens with zero attached hydrogens (tertiary/aromatic N) is 2. The van der Waals surface area contributed by atoms with Crippen LogP contribution in [0.2, 0.25) is 0 Å². The molecule has 2 aromatic carbocycles. The second-order valence-corrected chi connectivity index (χ2v) is 5.78. The number of ether oxygens (including phenoxy) is 1. The molecule has 0 unspecified atom stereocenters. The van der Waals surface area contributed by atoms with Crippen molar-refractivity contribution < 1.29 is 23.1 Å². The summed E-state index contributed by atoms with van der Waals surface area (Å²) in [7, 11) is 1.51. The lowest BCUT2D eigenvalue weighted by molar-refractivity contribution is -0.131. The minimum absolute atomic E-state index is 0.439. The first-order valence-electron chi connectivity index (χ1n) is 7.66. The second kappa shape index (κ2) is 6.55. The van der Waals surface area contributed by atoms with Gasteiger partial charge < -0.3 is 10.1 Å². The van der Waals surface area contributed by atoms with Crippen LogP contribution in [0.1, 0.15) is 18.1 Å². The summed E-state index contributed by atoms with van der Waals surface area (Å²) < 4.78 is 32.4. The Balaban J connectivity index is 1.90. The molecule has 1 heterocycles. The van der Waals surface area contributed by atoms with Crippen molar-refractivity contribution in [1.29, 1.82) is 0 Å². The molecule has 0 bridgehead atoms. The molecule has 1 aliphatic heterocycles. The highest BCUT2D eigenvalue weighted by Crippen LogP contribution is 2.30. The van der Waals surface area contributed by atoms with Gasteiger partial charge in [-0.25, -0.2) is 13.6 Å². The maximum absolute atomic E-state index is 13.7. The monoisotopic (exact) mass is 359 g/mol. The topological polar surface area (TPSA) is 71.0 Å². The minimum atomic E-state index is -1.35. The zero-order valence-electron chi connectivity index (χ0n) is 14.0. The Morgan fingerprint density at radius 2 is 1.73 bits per heavy atom. The van der Waals surface area contributed by atoms with E-state index in [1.54, 1.807) is 24.3 Å². The second-order valence-electron chi connectivity index (χ2n) is 5.78. The van der Waals surface area contributed by atoms with Gasteiger partial charge in [0.25, 0.3) is 5.91 Å². The van der Waals surface area contributed by atoms with Gasteiger partial charge in [-0.2, -0.15) is 5.10 Å². The van der Waals surface area contributed by atoms with E-state index in [2.05, 4.69) is 10.4 Å². The van der Waals surface area contributed by atoms with E-state index in [9.17, 15) is 18.4 Å². The molecule has 6 nitrogen and oxygen atoms in total. The third-order valence-electron chi connectivity index (χ3n) is 4.14. The van der Waals surface area contributed by atoms with Crippen molar-refractivity contribution >= 4 is 18.2 Å². The normalized spacial score (nSPS) is 19.9. The van der Waals surface area contributed by atoms with Gasteiger partial charge in [-0.05, 0) is 36.8 Å². The predicted molar refractivity (Wildman–Crippen MR) is 89.7 cm³/mol. The van der Waals surface area contributed by atoms with Crippen LogP contribution in [0.4, 0.5) is 13.6 Å². The molecule has 1 aliphatic rings. The van der Waals surface area contributed by atoms with Crippen molar-refractivity contribution in [2.75, 3.05) is 7.11 Å². The van der Waals surface area contributed by atoms with Crippen LogP contribution in [0.3, 0.4) is 0 Å². The molecule has 1 atom stereocenters. The molecule has 0 aliphatic carbocycles. The fourth-order valence-corrected chi connectivity index (χ4v) is 2.60. The van der Waals surface area contributed by atoms with Crippen molar-refractivity contribution in [1.82, 2.24) is 10.3 Å². The van der Waals surface area contributed by atoms with E-state index in [1.165, 1.54) is 20.1 Å². The van der Waals surface area contributed by atoms with Gasteiger partial charge in [0, 0.05) is 0 Å². The highest BCUT2D eigenvalue weighted by Gasteiger charge is 2.49. The van der Waals surface area contributed by atoms with E-state index in [1.807, 2.05) is 0 Å². The number of hydrazone groups is 1. The van der Waals surface area contributed by atoms with Crippen LogP contribution in [0, 0.1) is 11.6 Å². The molecular weight excluding hydrogens is 344 g/mol. The molecule has 0 radical (unpaired) electrons. The standard InChI is InChI=1S/C18H15F2N3O3/c1-18(11-6-8-12(26-2)9-7-11)16(24)23(17(25)22-18)21-10-13-14(19)4-3-5-15(13)20/h3-10H,1-2H3,(H,22,25)/b21-10-/t18-/m0/s1. The predicted octanol–water partition coefficient (Wildman–Crippen LogP) is 2.77. The summed E-state index contributed by atoms with van der Waals surface area (Å²) in [4.78, 5) is 24.8. The van der Waals surface area contributed by atoms with Gasteiger partial charge >= 0.3 is 6.03 Å². The van der Waals surface area contributed by atoms with Gasteiger partial charge in [-0.1, -0.05) is 18.2 Å². The van der Waals surface area contributed by atoms with E-state index in [-0.39, 0.29) is 0 Å². The maximum atomic E-state index is 13.7. The fourth-order valence-electron chi connectivity index (χ4n) is 2.60. The van der Waals surface area contributed by atoms with Crippen molar-refractivity contribution in [2.24, 2.45) is 5.10 Å². The van der Waals surface area contributed by atoms with E-state index in [0.717, 1.165) is 18.3 Å². The number of hydrogen-bond donors (Lipinski definition) is 1. The first-order chi connectivity index (χ1) is 12.4. The third kappa shape index (κ3) is 2.90. The van der Waals surface area contributed by atoms with Crippen molar-refractivity contribution in [3.05, 3.63) is 65.2 Å². The Labute approximate surface area is 148 Å². The Hall–Kier alpha value is -3.29. The summed E-state index contributed by atoms with van der Waals surface area (Å²) >= 11 is 0. The number of carbonyl (C=O) groups excluding carboxylic acids is 2. The summed E-state index contributed by atoms with van der Waals surface area (Å²) in [6.45, 7) is 1.52. The van der Waals surface area contributed by atoms with Crippen LogP contribution in [0.15, 0.2) is 47.6 Å². The van der Waals surface area contributed by atoms with Gasteiger partial charge in [0.2, 0.25) is 0 Å². The van der Waals surface area contributed by atoms with E-state index in [4.69, 9.17) is 4.74 Å². The number of carbonyl (C=O) groups is 2. The summed E-state index contributed by atoms with van der Waals surface area (Å²) in [5.41, 5.74) is -1.27. The summed E-state index contributed by atoms with van der Waals surface area (Å²) in [5.74, 6) is -1.77. The number of amides is 3. The van der Waals surface area contributed by atoms with Crippen LogP contribution in [-0.4, -0.2) is 30.3 Å². The highest BCUT2D eigenvalue weighted by atomic mass is 19.1. The Kier molecular flexibility index (Phi) is 4.41. The average molecular weight is 359 g/mol. The quantitative estimate of drug-likeness (QED) is 0.674. The number of benzene rings is 2. The number of imide groups is 1. The lowest BCUT2D eigenvalue weighted by atomic mass is 9.92. The van der Waals surface area contributed by atoms with Crippen LogP contribution in [-0.2, 0) is 10.3 Å². The van der Waals surface area contributed by atoms with E-state index < -0.39 is 34.7 Å². The lowest BCUT2D eigenvalue weighted by Crippen LogP contribution is -2.40. The molecule has 3 amide bonds. The molecule has 26 heavy (non-hydrogen) atoms. The number of nitrogens with one attached hydrogen (secondary N) is 1. The van der Waals surface area contributed by atoms with Gasteiger partial charge in [0.05, 0.1) is 18.9 Å². The number of rotatable bonds is 4. The van der Waals surface area contributed by atoms with Gasteiger partial charge in [-0.3, -0.25) is 4.79 Å². The van der Waals surface area contributed by atoms with Crippen LogP contribution in [0.5, 0.6) is 5.75 Å². The SMILES string of the molecule is COc1ccc([C@]2(C)NC(=O)N(/N=C\c3c(F)cccc3F)C2=O)cc1. The van der Waals surface area contributed by atoms with Crippen LogP contribution < -0.4 is 10.1 Å². The number of halogens is 2. The average Bonchev–Trinajstić information content (AvgIpc) is 2.85. The molecule has 1 saturated heterocycles. The molecule has 3 rings (SSSR count). The van der Waals surface area contributed by atoms with Crippen LogP contribution in [0.25, 0.3) is 0 Å². The first kappa shape index (κ1) is 17.5. The molecular formula is C18H15F2N3O3. The molecule has 1 N–H and O–H groups in total. The maximum Gasteiger partial charge on any atom is 0.346 e. The van der Waals surface area contributed by atoms with Crippen LogP contribution >= 0.6 is 0 Å². The molecule has 8 heteroatoms. The molecule has 0 aromatic heterocycles. The number of hydrogen-bond acceptors (Lipinski definition) is 4. The fraction of sp³-hybridized carbons (Fsp3) is 0.167. The summed E-state index contributed by atoms with van der Waals surface area (Å²) in [5, 5.41) is 6.77. The number of urea groups is 1. The van der Waals surface area contributed by atoms with Crippen molar-refractivity contribution in [3.63, 3.8) is 0 Å². The lowest BCUT2D eigenvalue weighted by Gasteiger charge is -2.21. The highest BCUT2D eigenvalue weighted by molar-refractivity contribution is 6.07. The van der Waals surface area contributed by atoms with Crippen molar-refractivity contribution in [3.8, 4) is 5.75 Å². The van der Waals surface area contributed by atoms with Gasteiger partial charge in [0.15, 0.2) is 0 Å². The smallest absolute Gasteiger partial charge is 0.346 e. The number of methoxy groups -OCH3 is 1. The van der Waals surface area contributed by atoms with Gasteiger partial charge in [0.1, 0.15) is 22.9 Å². The van der Waals surface area contributed by atoms with E-state index >= 15 is 0 Å². The third-order valence-corrected chi connectivity index (χ3v) is 4.14. The Morgan fingerprint density at radius 3 is 2.31 bits per heavy atom. The largest absolute Gasteiger partial charge is 0.497 e. The minimum Gasteiger partial charge on any atom is -0.497 e. The molecule has 0 spiro atoms.